The molecule has 1 aromatic rings. The predicted octanol–water partition coefficient (Wildman–Crippen LogP) is 2.63. The third-order valence-electron chi connectivity index (χ3n) is 4.42. The lowest BCUT2D eigenvalue weighted by Gasteiger charge is -2.29. The average molecular weight is 262 g/mol. The van der Waals surface area contributed by atoms with E-state index in [-0.39, 0.29) is 0 Å². The van der Waals surface area contributed by atoms with E-state index in [1.807, 2.05) is 0 Å². The van der Waals surface area contributed by atoms with Crippen molar-refractivity contribution in [1.29, 1.82) is 0 Å². The molecule has 2 aliphatic heterocycles. The van der Waals surface area contributed by atoms with Gasteiger partial charge in [-0.1, -0.05) is 6.07 Å². The molecule has 0 saturated carbocycles. The first kappa shape index (κ1) is 12.8. The van der Waals surface area contributed by atoms with Gasteiger partial charge in [0.1, 0.15) is 13.2 Å². The van der Waals surface area contributed by atoms with E-state index < -0.39 is 0 Å². The number of rotatable bonds is 4. The van der Waals surface area contributed by atoms with Crippen molar-refractivity contribution in [3.63, 3.8) is 0 Å². The molecule has 0 amide bonds. The van der Waals surface area contributed by atoms with Gasteiger partial charge < -0.3 is 14.0 Å². The molecule has 2 heterocycles. The summed E-state index contributed by atoms with van der Waals surface area (Å²) in [6, 6.07) is 6.38. The summed E-state index contributed by atoms with van der Waals surface area (Å²) in [4.78, 5) is 0. The first-order valence-corrected chi connectivity index (χ1v) is 7.47. The number of quaternary nitrogens is 1. The molecule has 104 valence electrons. The first-order chi connectivity index (χ1) is 9.25. The van der Waals surface area contributed by atoms with Crippen molar-refractivity contribution in [1.82, 2.24) is 0 Å². The SMILES string of the molecule is C[N+]1(CCCc2ccc3c(c2)OCCO3)CCCC1. The van der Waals surface area contributed by atoms with E-state index in [2.05, 4.69) is 25.2 Å². The summed E-state index contributed by atoms with van der Waals surface area (Å²) in [6.45, 7) is 5.37. The Balaban J connectivity index is 1.55. The molecular formula is C16H24NO2+. The highest BCUT2D eigenvalue weighted by molar-refractivity contribution is 5.43. The zero-order chi connectivity index (χ0) is 13.1. The molecule has 0 radical (unpaired) electrons. The summed E-state index contributed by atoms with van der Waals surface area (Å²) < 4.78 is 12.5. The Morgan fingerprint density at radius 2 is 1.79 bits per heavy atom. The van der Waals surface area contributed by atoms with Gasteiger partial charge in [0.2, 0.25) is 0 Å². The normalized spacial score (nSPS) is 20.5. The fourth-order valence-corrected chi connectivity index (χ4v) is 3.23. The van der Waals surface area contributed by atoms with Crippen molar-refractivity contribution < 1.29 is 14.0 Å². The summed E-state index contributed by atoms with van der Waals surface area (Å²) in [5.41, 5.74) is 1.37. The van der Waals surface area contributed by atoms with Crippen LogP contribution >= 0.6 is 0 Å². The van der Waals surface area contributed by atoms with Crippen molar-refractivity contribution in [2.75, 3.05) is 39.9 Å². The third kappa shape index (κ3) is 3.03. The molecule has 0 aliphatic carbocycles. The second-order valence-electron chi connectivity index (χ2n) is 6.08. The molecular weight excluding hydrogens is 238 g/mol. The number of aryl methyl sites for hydroxylation is 1. The maximum absolute atomic E-state index is 5.63. The minimum absolute atomic E-state index is 0.669. The van der Waals surface area contributed by atoms with E-state index in [0.29, 0.717) is 13.2 Å². The molecule has 1 aromatic carbocycles. The highest BCUT2D eigenvalue weighted by Crippen LogP contribution is 2.31. The Morgan fingerprint density at radius 1 is 1.05 bits per heavy atom. The largest absolute Gasteiger partial charge is 0.486 e. The topological polar surface area (TPSA) is 18.5 Å². The molecule has 0 N–H and O–H groups in total. The Kier molecular flexibility index (Phi) is 3.65. The number of hydrogen-bond acceptors (Lipinski definition) is 2. The fourth-order valence-electron chi connectivity index (χ4n) is 3.23. The van der Waals surface area contributed by atoms with Crippen molar-refractivity contribution in [2.45, 2.75) is 25.7 Å². The summed E-state index contributed by atoms with van der Waals surface area (Å²) in [7, 11) is 2.40. The molecule has 3 nitrogen and oxygen atoms in total. The van der Waals surface area contributed by atoms with Crippen LogP contribution in [0.3, 0.4) is 0 Å². The molecule has 3 heteroatoms. The van der Waals surface area contributed by atoms with E-state index in [9.17, 15) is 0 Å². The zero-order valence-electron chi connectivity index (χ0n) is 11.9. The summed E-state index contributed by atoms with van der Waals surface area (Å²) >= 11 is 0. The molecule has 2 aliphatic rings. The summed E-state index contributed by atoms with van der Waals surface area (Å²) in [6.07, 6.45) is 5.21. The van der Waals surface area contributed by atoms with Gasteiger partial charge in [-0.25, -0.2) is 0 Å². The van der Waals surface area contributed by atoms with Crippen molar-refractivity contribution in [3.8, 4) is 11.5 Å². The van der Waals surface area contributed by atoms with E-state index in [1.165, 1.54) is 48.9 Å². The maximum Gasteiger partial charge on any atom is 0.161 e. The molecule has 1 saturated heterocycles. The monoisotopic (exact) mass is 262 g/mol. The van der Waals surface area contributed by atoms with E-state index >= 15 is 0 Å². The van der Waals surface area contributed by atoms with E-state index in [4.69, 9.17) is 9.47 Å². The molecule has 0 spiro atoms. The Hall–Kier alpha value is -1.22. The lowest BCUT2D eigenvalue weighted by molar-refractivity contribution is -0.897. The van der Waals surface area contributed by atoms with Crippen LogP contribution in [0.15, 0.2) is 18.2 Å². The van der Waals surface area contributed by atoms with Gasteiger partial charge in [-0.2, -0.15) is 0 Å². The van der Waals surface area contributed by atoms with Gasteiger partial charge in [0.15, 0.2) is 11.5 Å². The number of hydrogen-bond donors (Lipinski definition) is 0. The number of fused-ring (bicyclic) bond motifs is 1. The Bertz CT molecular complexity index is 438. The van der Waals surface area contributed by atoms with Gasteiger partial charge in [-0.05, 0) is 24.1 Å². The molecule has 0 aromatic heterocycles. The van der Waals surface area contributed by atoms with Crippen molar-refractivity contribution in [3.05, 3.63) is 23.8 Å². The van der Waals surface area contributed by atoms with Crippen molar-refractivity contribution >= 4 is 0 Å². The van der Waals surface area contributed by atoms with Crippen LogP contribution in [0.2, 0.25) is 0 Å². The zero-order valence-corrected chi connectivity index (χ0v) is 11.9. The molecule has 0 unspecified atom stereocenters. The molecule has 3 rings (SSSR count). The quantitative estimate of drug-likeness (QED) is 0.777. The minimum Gasteiger partial charge on any atom is -0.486 e. The minimum atomic E-state index is 0.669. The van der Waals surface area contributed by atoms with E-state index in [0.717, 1.165) is 17.9 Å². The molecule has 0 atom stereocenters. The van der Waals surface area contributed by atoms with Gasteiger partial charge in [0.25, 0.3) is 0 Å². The highest BCUT2D eigenvalue weighted by atomic mass is 16.6. The lowest BCUT2D eigenvalue weighted by Crippen LogP contribution is -2.41. The van der Waals surface area contributed by atoms with Crippen LogP contribution in [0, 0.1) is 0 Å². The molecule has 19 heavy (non-hydrogen) atoms. The number of ether oxygens (including phenoxy) is 2. The standard InChI is InChI=1S/C16H24NO2/c1-17(8-2-3-9-17)10-4-5-14-6-7-15-16(13-14)19-12-11-18-15/h6-7,13H,2-5,8-12H2,1H3/q+1. The van der Waals surface area contributed by atoms with Gasteiger partial charge in [0, 0.05) is 19.3 Å². The van der Waals surface area contributed by atoms with Crippen LogP contribution in [0.1, 0.15) is 24.8 Å². The van der Waals surface area contributed by atoms with Gasteiger partial charge in [-0.3, -0.25) is 0 Å². The number of benzene rings is 1. The van der Waals surface area contributed by atoms with Crippen LogP contribution in [-0.4, -0.2) is 44.4 Å². The van der Waals surface area contributed by atoms with Crippen molar-refractivity contribution in [2.24, 2.45) is 0 Å². The summed E-state index contributed by atoms with van der Waals surface area (Å²) in [5, 5.41) is 0. The van der Waals surface area contributed by atoms with Gasteiger partial charge >= 0.3 is 0 Å². The van der Waals surface area contributed by atoms with Crippen LogP contribution < -0.4 is 9.47 Å². The lowest BCUT2D eigenvalue weighted by atomic mass is 10.1. The maximum atomic E-state index is 5.63. The van der Waals surface area contributed by atoms with Gasteiger partial charge in [-0.15, -0.1) is 0 Å². The van der Waals surface area contributed by atoms with Gasteiger partial charge in [0.05, 0.1) is 26.7 Å². The number of likely N-dealkylation sites (tertiary alicyclic amines) is 1. The third-order valence-corrected chi connectivity index (χ3v) is 4.42. The van der Waals surface area contributed by atoms with Crippen LogP contribution in [-0.2, 0) is 6.42 Å². The molecule has 1 fully saturated rings. The smallest absolute Gasteiger partial charge is 0.161 e. The van der Waals surface area contributed by atoms with Crippen LogP contribution in [0.4, 0.5) is 0 Å². The molecule has 0 bridgehead atoms. The Morgan fingerprint density at radius 3 is 2.58 bits per heavy atom. The fraction of sp³-hybridized carbons (Fsp3) is 0.625. The highest BCUT2D eigenvalue weighted by Gasteiger charge is 2.25. The average Bonchev–Trinajstić information content (AvgIpc) is 2.86. The second kappa shape index (κ2) is 5.41. The predicted molar refractivity (Wildman–Crippen MR) is 75.8 cm³/mol. The summed E-state index contributed by atoms with van der Waals surface area (Å²) in [5.74, 6) is 1.82. The number of nitrogens with zero attached hydrogens (tertiary/aromatic N) is 1. The van der Waals surface area contributed by atoms with Crippen LogP contribution in [0.5, 0.6) is 11.5 Å². The van der Waals surface area contributed by atoms with Crippen LogP contribution in [0.25, 0.3) is 0 Å². The Labute approximate surface area is 115 Å². The first-order valence-electron chi connectivity index (χ1n) is 7.47. The van der Waals surface area contributed by atoms with E-state index in [1.54, 1.807) is 0 Å². The second-order valence-corrected chi connectivity index (χ2v) is 6.08.